The van der Waals surface area contributed by atoms with Gasteiger partial charge in [0.2, 0.25) is 0 Å². The van der Waals surface area contributed by atoms with E-state index in [1.807, 2.05) is 6.07 Å². The van der Waals surface area contributed by atoms with E-state index in [1.165, 1.54) is 19.3 Å². The third-order valence-corrected chi connectivity index (χ3v) is 4.46. The van der Waals surface area contributed by atoms with Crippen molar-refractivity contribution in [2.75, 3.05) is 16.8 Å². The van der Waals surface area contributed by atoms with Crippen molar-refractivity contribution < 1.29 is 0 Å². The number of hydrogen-bond acceptors (Lipinski definition) is 2. The second-order valence-corrected chi connectivity index (χ2v) is 6.36. The van der Waals surface area contributed by atoms with Crippen LogP contribution in [0.3, 0.4) is 0 Å². The van der Waals surface area contributed by atoms with E-state index in [-0.39, 0.29) is 0 Å². The van der Waals surface area contributed by atoms with Crippen LogP contribution in [0.4, 0.5) is 5.82 Å². The van der Waals surface area contributed by atoms with Crippen LogP contribution >= 0.6 is 43.5 Å². The fourth-order valence-corrected chi connectivity index (χ4v) is 3.13. The molecule has 1 aromatic rings. The number of anilines is 1. The van der Waals surface area contributed by atoms with Crippen molar-refractivity contribution in [1.29, 1.82) is 0 Å². The Morgan fingerprint density at radius 3 is 2.76 bits per heavy atom. The molecule has 2 nitrogen and oxygen atoms in total. The van der Waals surface area contributed by atoms with Gasteiger partial charge in [0.25, 0.3) is 0 Å². The molecule has 94 valence electrons. The lowest BCUT2D eigenvalue weighted by molar-refractivity contribution is 0.384. The molecular formula is C12H15Br2ClN2. The molecule has 1 aliphatic rings. The second kappa shape index (κ2) is 6.39. The normalized spacial score (nSPS) is 15.7. The first-order valence-electron chi connectivity index (χ1n) is 5.86. The lowest BCUT2D eigenvalue weighted by atomic mass is 9.91. The highest BCUT2D eigenvalue weighted by molar-refractivity contribution is 9.10. The number of halogens is 3. The summed E-state index contributed by atoms with van der Waals surface area (Å²) in [4.78, 5) is 6.87. The summed E-state index contributed by atoms with van der Waals surface area (Å²) in [6.45, 7) is 1.04. The first-order chi connectivity index (χ1) is 8.22. The molecule has 5 heteroatoms. The van der Waals surface area contributed by atoms with E-state index in [4.69, 9.17) is 11.6 Å². The molecule has 0 aliphatic heterocycles. The number of rotatable bonds is 5. The molecule has 0 spiro atoms. The highest BCUT2D eigenvalue weighted by Crippen LogP contribution is 2.33. The summed E-state index contributed by atoms with van der Waals surface area (Å²) in [5, 5.41) is 1.70. The van der Waals surface area contributed by atoms with Crippen LogP contribution in [0.15, 0.2) is 16.7 Å². The van der Waals surface area contributed by atoms with Crippen molar-refractivity contribution in [2.24, 2.45) is 0 Å². The Kier molecular flexibility index (Phi) is 5.12. The van der Waals surface area contributed by atoms with Gasteiger partial charge in [0.15, 0.2) is 0 Å². The number of nitrogens with zero attached hydrogens (tertiary/aromatic N) is 2. The minimum atomic E-state index is 0.652. The third-order valence-electron chi connectivity index (χ3n) is 3.11. The Morgan fingerprint density at radius 1 is 1.47 bits per heavy atom. The molecular weight excluding hydrogens is 367 g/mol. The summed E-state index contributed by atoms with van der Waals surface area (Å²) in [5.74, 6) is 1.03. The molecule has 0 unspecified atom stereocenters. The van der Waals surface area contributed by atoms with E-state index in [0.717, 1.165) is 28.6 Å². The number of aromatic nitrogens is 1. The van der Waals surface area contributed by atoms with Gasteiger partial charge < -0.3 is 4.90 Å². The summed E-state index contributed by atoms with van der Waals surface area (Å²) in [6, 6.07) is 2.57. The molecule has 0 aromatic carbocycles. The standard InChI is InChI=1S/C12H15Br2ClN2/c13-5-2-6-17(10-3-1-4-10)12-11(14)7-9(15)8-16-12/h7-8,10H,1-6H2. The van der Waals surface area contributed by atoms with Crippen molar-refractivity contribution in [3.8, 4) is 0 Å². The summed E-state index contributed by atoms with van der Waals surface area (Å²) in [7, 11) is 0. The first kappa shape index (κ1) is 13.6. The summed E-state index contributed by atoms with van der Waals surface area (Å²) >= 11 is 13.0. The average Bonchev–Trinajstić information content (AvgIpc) is 2.22. The molecule has 17 heavy (non-hydrogen) atoms. The molecule has 1 aliphatic carbocycles. The van der Waals surface area contributed by atoms with Crippen LogP contribution in [0.25, 0.3) is 0 Å². The van der Waals surface area contributed by atoms with E-state index in [0.29, 0.717) is 11.1 Å². The van der Waals surface area contributed by atoms with Crippen LogP contribution in [0.1, 0.15) is 25.7 Å². The molecule has 1 saturated carbocycles. The molecule has 0 saturated heterocycles. The van der Waals surface area contributed by atoms with Crippen LogP contribution < -0.4 is 4.90 Å². The van der Waals surface area contributed by atoms with Gasteiger partial charge in [0.05, 0.1) is 9.50 Å². The van der Waals surface area contributed by atoms with Crippen molar-refractivity contribution >= 4 is 49.3 Å². The van der Waals surface area contributed by atoms with Crippen LogP contribution in [-0.4, -0.2) is 22.9 Å². The predicted octanol–water partition coefficient (Wildman–Crippen LogP) is 4.64. The maximum absolute atomic E-state index is 5.93. The molecule has 1 fully saturated rings. The van der Waals surface area contributed by atoms with E-state index in [2.05, 4.69) is 41.7 Å². The Labute approximate surface area is 124 Å². The maximum Gasteiger partial charge on any atom is 0.143 e. The number of pyridine rings is 1. The zero-order valence-electron chi connectivity index (χ0n) is 9.50. The molecule has 0 N–H and O–H groups in total. The number of alkyl halides is 1. The van der Waals surface area contributed by atoms with E-state index in [9.17, 15) is 0 Å². The highest BCUT2D eigenvalue weighted by atomic mass is 79.9. The third kappa shape index (κ3) is 3.36. The van der Waals surface area contributed by atoms with Crippen LogP contribution in [0, 0.1) is 0 Å². The minimum Gasteiger partial charge on any atom is -0.353 e. The molecule has 1 heterocycles. The fourth-order valence-electron chi connectivity index (χ4n) is 2.01. The van der Waals surface area contributed by atoms with Gasteiger partial charge in [0, 0.05) is 24.1 Å². The lowest BCUT2D eigenvalue weighted by Gasteiger charge is -2.39. The monoisotopic (exact) mass is 380 g/mol. The van der Waals surface area contributed by atoms with Gasteiger partial charge in [-0.05, 0) is 47.7 Å². The minimum absolute atomic E-state index is 0.652. The molecule has 0 atom stereocenters. The van der Waals surface area contributed by atoms with Crippen LogP contribution in [-0.2, 0) is 0 Å². The van der Waals surface area contributed by atoms with E-state index < -0.39 is 0 Å². The summed E-state index contributed by atoms with van der Waals surface area (Å²) in [5.41, 5.74) is 0. The van der Waals surface area contributed by atoms with Gasteiger partial charge >= 0.3 is 0 Å². The summed E-state index contributed by atoms with van der Waals surface area (Å²) < 4.78 is 0.992. The Bertz CT molecular complexity index is 383. The zero-order chi connectivity index (χ0) is 12.3. The Hall–Kier alpha value is 0.200. The van der Waals surface area contributed by atoms with Crippen molar-refractivity contribution in [3.05, 3.63) is 21.8 Å². The summed E-state index contributed by atoms with van der Waals surface area (Å²) in [6.07, 6.45) is 6.74. The van der Waals surface area contributed by atoms with Gasteiger partial charge in [-0.3, -0.25) is 0 Å². The quantitative estimate of drug-likeness (QED) is 0.690. The van der Waals surface area contributed by atoms with Crippen LogP contribution in [0.2, 0.25) is 5.02 Å². The van der Waals surface area contributed by atoms with E-state index >= 15 is 0 Å². The van der Waals surface area contributed by atoms with Gasteiger partial charge in [-0.25, -0.2) is 4.98 Å². The topological polar surface area (TPSA) is 16.1 Å². The molecule has 2 rings (SSSR count). The molecule has 0 amide bonds. The van der Waals surface area contributed by atoms with Crippen LogP contribution in [0.5, 0.6) is 0 Å². The van der Waals surface area contributed by atoms with Gasteiger partial charge in [-0.15, -0.1) is 0 Å². The van der Waals surface area contributed by atoms with Gasteiger partial charge in [-0.1, -0.05) is 27.5 Å². The largest absolute Gasteiger partial charge is 0.353 e. The fraction of sp³-hybridized carbons (Fsp3) is 0.583. The second-order valence-electron chi connectivity index (χ2n) is 4.28. The van der Waals surface area contributed by atoms with Crippen molar-refractivity contribution in [3.63, 3.8) is 0 Å². The Balaban J connectivity index is 2.17. The highest BCUT2D eigenvalue weighted by Gasteiger charge is 2.26. The van der Waals surface area contributed by atoms with Crippen molar-refractivity contribution in [2.45, 2.75) is 31.7 Å². The van der Waals surface area contributed by atoms with E-state index in [1.54, 1.807) is 6.20 Å². The average molecular weight is 383 g/mol. The molecule has 1 aromatic heterocycles. The lowest BCUT2D eigenvalue weighted by Crippen LogP contribution is -2.41. The Morgan fingerprint density at radius 2 is 2.24 bits per heavy atom. The van der Waals surface area contributed by atoms with Crippen molar-refractivity contribution in [1.82, 2.24) is 4.98 Å². The predicted molar refractivity (Wildman–Crippen MR) is 80.3 cm³/mol. The maximum atomic E-state index is 5.93. The number of hydrogen-bond donors (Lipinski definition) is 0. The van der Waals surface area contributed by atoms with Gasteiger partial charge in [-0.2, -0.15) is 0 Å². The SMILES string of the molecule is Clc1cnc(N(CCCBr)C2CCC2)c(Br)c1. The molecule has 0 radical (unpaired) electrons. The zero-order valence-corrected chi connectivity index (χ0v) is 13.4. The smallest absolute Gasteiger partial charge is 0.143 e. The van der Waals surface area contributed by atoms with Gasteiger partial charge in [0.1, 0.15) is 5.82 Å². The molecule has 0 bridgehead atoms. The first-order valence-corrected chi connectivity index (χ1v) is 8.15.